The summed E-state index contributed by atoms with van der Waals surface area (Å²) in [6.07, 6.45) is -1.33. The number of amides is 2. The number of carbonyl (C=O) groups is 3. The first-order chi connectivity index (χ1) is 16.5. The predicted octanol–water partition coefficient (Wildman–Crippen LogP) is 2.53. The molecule has 9 heteroatoms. The van der Waals surface area contributed by atoms with Gasteiger partial charge in [0.05, 0.1) is 6.42 Å². The first-order valence-electron chi connectivity index (χ1n) is 11.4. The van der Waals surface area contributed by atoms with Crippen molar-refractivity contribution in [3.63, 3.8) is 0 Å². The van der Waals surface area contributed by atoms with E-state index in [2.05, 4.69) is 15.5 Å². The number of aliphatic carboxylic acids is 1. The second-order valence-electron chi connectivity index (χ2n) is 8.37. The molecule has 0 bridgehead atoms. The summed E-state index contributed by atoms with van der Waals surface area (Å²) < 4.78 is 5.47. The van der Waals surface area contributed by atoms with Gasteiger partial charge in [0.15, 0.2) is 0 Å². The quantitative estimate of drug-likeness (QED) is 0.503. The van der Waals surface area contributed by atoms with E-state index in [1.54, 1.807) is 0 Å². The highest BCUT2D eigenvalue weighted by Crippen LogP contribution is 2.44. The molecule has 2 aromatic rings. The number of nitrogens with one attached hydrogen (secondary N) is 2. The van der Waals surface area contributed by atoms with Crippen LogP contribution in [-0.2, 0) is 14.3 Å². The summed E-state index contributed by atoms with van der Waals surface area (Å²) >= 11 is 1.91. The summed E-state index contributed by atoms with van der Waals surface area (Å²) in [6, 6.07) is 14.8. The van der Waals surface area contributed by atoms with E-state index >= 15 is 0 Å². The third-order valence-electron chi connectivity index (χ3n) is 6.16. The van der Waals surface area contributed by atoms with Crippen LogP contribution in [0.2, 0.25) is 0 Å². The van der Waals surface area contributed by atoms with Crippen LogP contribution in [0.1, 0.15) is 23.5 Å². The molecule has 2 aliphatic rings. The van der Waals surface area contributed by atoms with Gasteiger partial charge in [-0.15, -0.1) is 0 Å². The van der Waals surface area contributed by atoms with Crippen molar-refractivity contribution < 1.29 is 24.2 Å². The van der Waals surface area contributed by atoms with Crippen molar-refractivity contribution in [3.8, 4) is 11.1 Å². The number of hydrogen-bond donors (Lipinski definition) is 3. The lowest BCUT2D eigenvalue weighted by molar-refractivity contribution is -0.139. The minimum absolute atomic E-state index is 0.0915. The number of benzene rings is 2. The Balaban J connectivity index is 1.32. The molecule has 3 N–H and O–H groups in total. The van der Waals surface area contributed by atoms with Crippen LogP contribution in [0.25, 0.3) is 11.1 Å². The third-order valence-corrected chi connectivity index (χ3v) is 7.10. The van der Waals surface area contributed by atoms with Gasteiger partial charge in [-0.25, -0.2) is 4.79 Å². The van der Waals surface area contributed by atoms with Gasteiger partial charge in [0.25, 0.3) is 0 Å². The molecule has 0 aromatic heterocycles. The van der Waals surface area contributed by atoms with Crippen molar-refractivity contribution in [2.45, 2.75) is 18.4 Å². The van der Waals surface area contributed by atoms with Crippen molar-refractivity contribution >= 4 is 29.7 Å². The Morgan fingerprint density at radius 2 is 1.65 bits per heavy atom. The second kappa shape index (κ2) is 11.4. The normalized spacial score (nSPS) is 16.2. The van der Waals surface area contributed by atoms with Gasteiger partial charge in [-0.3, -0.25) is 14.5 Å². The zero-order valence-corrected chi connectivity index (χ0v) is 19.7. The molecule has 1 fully saturated rings. The standard InChI is InChI=1S/C25H29N3O5S/c29-23(30)15-22(24(31)26-9-10-28-11-13-34-14-12-28)27-25(32)33-16-21-19-7-3-1-5-17(19)18-6-2-4-8-20(18)21/h1-8,21-22H,9-16H2,(H,26,31)(H,27,32)(H,29,30). The number of thioether (sulfide) groups is 1. The van der Waals surface area contributed by atoms with Gasteiger partial charge in [-0.05, 0) is 22.3 Å². The fraction of sp³-hybridized carbons (Fsp3) is 0.400. The lowest BCUT2D eigenvalue weighted by atomic mass is 9.98. The number of alkyl carbamates (subject to hydrolysis) is 1. The molecule has 1 aliphatic heterocycles. The van der Waals surface area contributed by atoms with E-state index < -0.39 is 30.4 Å². The highest BCUT2D eigenvalue weighted by molar-refractivity contribution is 7.99. The van der Waals surface area contributed by atoms with Crippen molar-refractivity contribution in [1.29, 1.82) is 0 Å². The molecule has 180 valence electrons. The smallest absolute Gasteiger partial charge is 0.407 e. The molecule has 8 nitrogen and oxygen atoms in total. The molecule has 1 aliphatic carbocycles. The van der Waals surface area contributed by atoms with Crippen molar-refractivity contribution in [2.75, 3.05) is 44.3 Å². The van der Waals surface area contributed by atoms with Crippen LogP contribution in [0.5, 0.6) is 0 Å². The first-order valence-corrected chi connectivity index (χ1v) is 12.6. The Kier molecular flexibility index (Phi) is 8.08. The number of ether oxygens (including phenoxy) is 1. The minimum atomic E-state index is -1.20. The number of rotatable bonds is 9. The highest BCUT2D eigenvalue weighted by Gasteiger charge is 2.30. The van der Waals surface area contributed by atoms with Crippen LogP contribution in [0, 0.1) is 0 Å². The molecule has 2 aromatic carbocycles. The zero-order valence-electron chi connectivity index (χ0n) is 18.9. The molecule has 0 spiro atoms. The fourth-order valence-electron chi connectivity index (χ4n) is 4.45. The number of fused-ring (bicyclic) bond motifs is 3. The maximum absolute atomic E-state index is 12.6. The highest BCUT2D eigenvalue weighted by atomic mass is 32.2. The average Bonchev–Trinajstić information content (AvgIpc) is 3.16. The van der Waals surface area contributed by atoms with Crippen LogP contribution < -0.4 is 10.6 Å². The molecule has 1 saturated heterocycles. The Morgan fingerprint density at radius 1 is 1.03 bits per heavy atom. The van der Waals surface area contributed by atoms with Crippen LogP contribution in [0.15, 0.2) is 48.5 Å². The van der Waals surface area contributed by atoms with Gasteiger partial charge in [0.2, 0.25) is 5.91 Å². The number of hydrogen-bond acceptors (Lipinski definition) is 6. The summed E-state index contributed by atoms with van der Waals surface area (Å²) in [5.74, 6) is 0.319. The van der Waals surface area contributed by atoms with Gasteiger partial charge < -0.3 is 20.5 Å². The molecule has 2 amide bonds. The Bertz CT molecular complexity index is 995. The van der Waals surface area contributed by atoms with E-state index in [9.17, 15) is 19.5 Å². The van der Waals surface area contributed by atoms with E-state index in [4.69, 9.17) is 4.74 Å². The van der Waals surface area contributed by atoms with Gasteiger partial charge in [0, 0.05) is 43.6 Å². The van der Waals surface area contributed by atoms with E-state index in [0.29, 0.717) is 13.1 Å². The third kappa shape index (κ3) is 5.90. The topological polar surface area (TPSA) is 108 Å². The zero-order chi connectivity index (χ0) is 23.9. The van der Waals surface area contributed by atoms with Gasteiger partial charge in [-0.1, -0.05) is 48.5 Å². The van der Waals surface area contributed by atoms with Crippen molar-refractivity contribution in [1.82, 2.24) is 15.5 Å². The van der Waals surface area contributed by atoms with Crippen LogP contribution in [-0.4, -0.2) is 78.3 Å². The lowest BCUT2D eigenvalue weighted by Gasteiger charge is -2.26. The number of carboxylic acid groups (broad SMARTS) is 1. The number of carbonyl (C=O) groups excluding carboxylic acids is 2. The van der Waals surface area contributed by atoms with E-state index in [0.717, 1.165) is 46.8 Å². The Hall–Kier alpha value is -3.04. The lowest BCUT2D eigenvalue weighted by Crippen LogP contribution is -2.49. The molecule has 0 radical (unpaired) electrons. The summed E-state index contributed by atoms with van der Waals surface area (Å²) in [5, 5.41) is 14.4. The van der Waals surface area contributed by atoms with E-state index in [-0.39, 0.29) is 12.5 Å². The van der Waals surface area contributed by atoms with Crippen LogP contribution in [0.3, 0.4) is 0 Å². The minimum Gasteiger partial charge on any atom is -0.481 e. The summed E-state index contributed by atoms with van der Waals surface area (Å²) in [5.41, 5.74) is 4.38. The average molecular weight is 484 g/mol. The molecular formula is C25H29N3O5S. The summed E-state index contributed by atoms with van der Waals surface area (Å²) in [7, 11) is 0. The molecule has 34 heavy (non-hydrogen) atoms. The second-order valence-corrected chi connectivity index (χ2v) is 9.59. The van der Waals surface area contributed by atoms with Crippen molar-refractivity contribution in [3.05, 3.63) is 59.7 Å². The molecule has 1 unspecified atom stereocenters. The van der Waals surface area contributed by atoms with Crippen LogP contribution >= 0.6 is 11.8 Å². The summed E-state index contributed by atoms with van der Waals surface area (Å²) in [4.78, 5) is 38.6. The molecular weight excluding hydrogens is 454 g/mol. The van der Waals surface area contributed by atoms with Gasteiger partial charge in [-0.2, -0.15) is 11.8 Å². The monoisotopic (exact) mass is 483 g/mol. The number of nitrogens with zero attached hydrogens (tertiary/aromatic N) is 1. The molecule has 4 rings (SSSR count). The molecule has 1 atom stereocenters. The predicted molar refractivity (Wildman–Crippen MR) is 131 cm³/mol. The molecule has 0 saturated carbocycles. The fourth-order valence-corrected chi connectivity index (χ4v) is 5.43. The molecule has 1 heterocycles. The maximum atomic E-state index is 12.6. The Labute approximate surface area is 203 Å². The summed E-state index contributed by atoms with van der Waals surface area (Å²) in [6.45, 7) is 3.12. The van der Waals surface area contributed by atoms with E-state index in [1.165, 1.54) is 0 Å². The SMILES string of the molecule is O=C(O)CC(NC(=O)OCC1c2ccccc2-c2ccccc21)C(=O)NCCN1CCSCC1. The first kappa shape index (κ1) is 24.1. The largest absolute Gasteiger partial charge is 0.481 e. The maximum Gasteiger partial charge on any atom is 0.407 e. The van der Waals surface area contributed by atoms with Crippen LogP contribution in [0.4, 0.5) is 4.79 Å². The number of carboxylic acids is 1. The van der Waals surface area contributed by atoms with Crippen molar-refractivity contribution in [2.24, 2.45) is 0 Å². The Morgan fingerprint density at radius 3 is 2.26 bits per heavy atom. The van der Waals surface area contributed by atoms with E-state index in [1.807, 2.05) is 60.3 Å². The van der Waals surface area contributed by atoms with Gasteiger partial charge in [0.1, 0.15) is 12.6 Å². The van der Waals surface area contributed by atoms with Gasteiger partial charge >= 0.3 is 12.1 Å².